The molecule has 0 unspecified atom stereocenters. The van der Waals surface area contributed by atoms with Gasteiger partial charge >= 0.3 is 0 Å². The second-order valence-corrected chi connectivity index (χ2v) is 8.04. The second kappa shape index (κ2) is 9.26. The highest BCUT2D eigenvalue weighted by atomic mass is 19.1. The molecule has 7 nitrogen and oxygen atoms in total. The number of rotatable bonds is 7. The van der Waals surface area contributed by atoms with Crippen LogP contribution < -0.4 is 10.6 Å². The van der Waals surface area contributed by atoms with Gasteiger partial charge in [-0.2, -0.15) is 0 Å². The van der Waals surface area contributed by atoms with E-state index in [0.717, 1.165) is 17.7 Å². The average Bonchev–Trinajstić information content (AvgIpc) is 3.20. The summed E-state index contributed by atoms with van der Waals surface area (Å²) < 4.78 is 28.7. The number of carbonyl (C=O) groups excluding carboxylic acids is 2. The van der Waals surface area contributed by atoms with Crippen LogP contribution in [0.15, 0.2) is 42.5 Å². The third-order valence-electron chi connectivity index (χ3n) is 5.92. The average molecular weight is 466 g/mol. The van der Waals surface area contributed by atoms with Gasteiger partial charge in [-0.05, 0) is 36.6 Å². The minimum atomic E-state index is -1.67. The first-order valence-electron chi connectivity index (χ1n) is 11.0. The van der Waals surface area contributed by atoms with Crippen molar-refractivity contribution in [2.24, 2.45) is 0 Å². The molecule has 34 heavy (non-hydrogen) atoms. The summed E-state index contributed by atoms with van der Waals surface area (Å²) >= 11 is 0. The normalized spacial score (nSPS) is 14.3. The molecule has 1 aliphatic rings. The first-order valence-corrected chi connectivity index (χ1v) is 11.0. The Morgan fingerprint density at radius 1 is 1.09 bits per heavy atom. The maximum Gasteiger partial charge on any atom is 0.256 e. The van der Waals surface area contributed by atoms with Crippen LogP contribution in [0, 0.1) is 11.6 Å². The lowest BCUT2D eigenvalue weighted by atomic mass is 9.89. The van der Waals surface area contributed by atoms with Crippen LogP contribution in [0.2, 0.25) is 0 Å². The molecule has 0 spiro atoms. The van der Waals surface area contributed by atoms with E-state index in [2.05, 4.69) is 20.6 Å². The van der Waals surface area contributed by atoms with Crippen LogP contribution in [0.3, 0.4) is 0 Å². The van der Waals surface area contributed by atoms with Crippen LogP contribution in [-0.4, -0.2) is 33.4 Å². The minimum Gasteiger partial charge on any atom is -0.375 e. The molecule has 1 aromatic heterocycles. The number of aromatic nitrogens is 2. The number of nitrogens with one attached hydrogen (secondary N) is 2. The fraction of sp³-hybridized carbons (Fsp3) is 0.280. The summed E-state index contributed by atoms with van der Waals surface area (Å²) in [4.78, 5) is 33.4. The van der Waals surface area contributed by atoms with Crippen LogP contribution in [0.25, 0.3) is 11.4 Å². The van der Waals surface area contributed by atoms with Gasteiger partial charge in [0.05, 0.1) is 29.1 Å². The van der Waals surface area contributed by atoms with Gasteiger partial charge in [-0.1, -0.05) is 37.3 Å². The van der Waals surface area contributed by atoms with E-state index < -0.39 is 23.1 Å². The number of amides is 2. The van der Waals surface area contributed by atoms with Crippen LogP contribution in [-0.2, 0) is 23.4 Å². The molecule has 176 valence electrons. The number of aliphatic hydroxyl groups is 1. The highest BCUT2D eigenvalue weighted by molar-refractivity contribution is 5.99. The quantitative estimate of drug-likeness (QED) is 0.497. The summed E-state index contributed by atoms with van der Waals surface area (Å²) in [5.74, 6) is -2.55. The first kappa shape index (κ1) is 23.4. The van der Waals surface area contributed by atoms with Crippen molar-refractivity contribution in [3.63, 3.8) is 0 Å². The van der Waals surface area contributed by atoms with Crippen molar-refractivity contribution >= 4 is 11.8 Å². The van der Waals surface area contributed by atoms with Crippen LogP contribution >= 0.6 is 0 Å². The van der Waals surface area contributed by atoms with E-state index >= 15 is 0 Å². The summed E-state index contributed by atoms with van der Waals surface area (Å²) in [7, 11) is 0. The third kappa shape index (κ3) is 4.14. The molecule has 2 amide bonds. The van der Waals surface area contributed by atoms with Crippen LogP contribution in [0.1, 0.15) is 53.1 Å². The zero-order valence-corrected chi connectivity index (χ0v) is 18.8. The molecule has 9 heteroatoms. The lowest BCUT2D eigenvalue weighted by Crippen LogP contribution is -2.44. The Balaban J connectivity index is 1.71. The molecule has 4 rings (SSSR count). The number of hydrogen-bond donors (Lipinski definition) is 3. The summed E-state index contributed by atoms with van der Waals surface area (Å²) in [6.45, 7) is 4.02. The molecule has 0 saturated carbocycles. The molecule has 0 fully saturated rings. The molecule has 0 saturated heterocycles. The van der Waals surface area contributed by atoms with Crippen molar-refractivity contribution in [1.82, 2.24) is 20.6 Å². The largest absolute Gasteiger partial charge is 0.375 e. The van der Waals surface area contributed by atoms with Gasteiger partial charge in [0.2, 0.25) is 0 Å². The molecule has 2 aromatic carbocycles. The Morgan fingerprint density at radius 3 is 2.38 bits per heavy atom. The topological polar surface area (TPSA) is 104 Å². The van der Waals surface area contributed by atoms with E-state index in [1.807, 2.05) is 0 Å². The predicted octanol–water partition coefficient (Wildman–Crippen LogP) is 2.99. The number of carbonyl (C=O) groups is 2. The SMILES string of the molecule is CCNC(=O)[C@](O)(CC)c1ccc(Cc2nc(-c3c(F)cccc3F)nc3c2C(=O)NC3)cc1. The van der Waals surface area contributed by atoms with Crippen molar-refractivity contribution in [2.45, 2.75) is 38.8 Å². The molecular formula is C25H24F2N4O3. The molecule has 1 atom stereocenters. The van der Waals surface area contributed by atoms with Crippen LogP contribution in [0.5, 0.6) is 0 Å². The highest BCUT2D eigenvalue weighted by Crippen LogP contribution is 2.29. The second-order valence-electron chi connectivity index (χ2n) is 8.04. The van der Waals surface area contributed by atoms with Crippen molar-refractivity contribution in [3.05, 3.63) is 82.2 Å². The highest BCUT2D eigenvalue weighted by Gasteiger charge is 2.35. The predicted molar refractivity (Wildman–Crippen MR) is 121 cm³/mol. The van der Waals surface area contributed by atoms with E-state index in [1.165, 1.54) is 6.07 Å². The Labute approximate surface area is 195 Å². The maximum absolute atomic E-state index is 14.4. The van der Waals surface area contributed by atoms with Gasteiger partial charge in [0, 0.05) is 13.0 Å². The smallest absolute Gasteiger partial charge is 0.256 e. The number of hydrogen-bond acceptors (Lipinski definition) is 5. The van der Waals surface area contributed by atoms with Gasteiger partial charge in [-0.3, -0.25) is 9.59 Å². The molecule has 0 radical (unpaired) electrons. The monoisotopic (exact) mass is 466 g/mol. The number of fused-ring (bicyclic) bond motifs is 1. The standard InChI is InChI=1S/C25H24F2N4O3/c1-3-25(34,24(33)28-4-2)15-10-8-14(9-11-15)12-18-21-19(13-29-23(21)32)31-22(30-18)20-16(26)6-5-7-17(20)27/h5-11,34H,3-4,12-13H2,1-2H3,(H,28,33)(H,29,32)/t25-/m0/s1. The zero-order valence-electron chi connectivity index (χ0n) is 18.8. The summed E-state index contributed by atoms with van der Waals surface area (Å²) in [5, 5.41) is 16.2. The summed E-state index contributed by atoms with van der Waals surface area (Å²) in [5.41, 5.74) is 0.150. The Kier molecular flexibility index (Phi) is 6.39. The number of likely N-dealkylation sites (N-methyl/N-ethyl adjacent to an activating group) is 1. The summed E-state index contributed by atoms with van der Waals surface area (Å²) in [6.07, 6.45) is 0.378. The lowest BCUT2D eigenvalue weighted by Gasteiger charge is -2.26. The Morgan fingerprint density at radius 2 is 1.76 bits per heavy atom. The van der Waals surface area contributed by atoms with Crippen molar-refractivity contribution < 1.29 is 23.5 Å². The minimum absolute atomic E-state index is 0.130. The molecule has 0 bridgehead atoms. The van der Waals surface area contributed by atoms with Gasteiger partial charge < -0.3 is 15.7 Å². The third-order valence-corrected chi connectivity index (χ3v) is 5.92. The number of halogens is 2. The summed E-state index contributed by atoms with van der Waals surface area (Å²) in [6, 6.07) is 10.2. The fourth-order valence-electron chi connectivity index (χ4n) is 4.05. The van der Waals surface area contributed by atoms with Gasteiger partial charge in [0.25, 0.3) is 11.8 Å². The van der Waals surface area contributed by atoms with E-state index in [-0.39, 0.29) is 42.2 Å². The van der Waals surface area contributed by atoms with Gasteiger partial charge in [0.15, 0.2) is 11.4 Å². The van der Waals surface area contributed by atoms with Crippen molar-refractivity contribution in [3.8, 4) is 11.4 Å². The van der Waals surface area contributed by atoms with Crippen molar-refractivity contribution in [1.29, 1.82) is 0 Å². The molecule has 3 aromatic rings. The van der Waals surface area contributed by atoms with Gasteiger partial charge in [-0.15, -0.1) is 0 Å². The molecule has 0 aliphatic carbocycles. The fourth-order valence-corrected chi connectivity index (χ4v) is 4.05. The van der Waals surface area contributed by atoms with E-state index in [9.17, 15) is 23.5 Å². The molecule has 2 heterocycles. The Bertz CT molecular complexity index is 1240. The molecule has 3 N–H and O–H groups in total. The maximum atomic E-state index is 14.4. The number of nitrogens with zero attached hydrogens (tertiary/aromatic N) is 2. The van der Waals surface area contributed by atoms with Crippen LogP contribution in [0.4, 0.5) is 8.78 Å². The first-order chi connectivity index (χ1) is 16.3. The molecule has 1 aliphatic heterocycles. The molecular weight excluding hydrogens is 442 g/mol. The van der Waals surface area contributed by atoms with E-state index in [4.69, 9.17) is 0 Å². The van der Waals surface area contributed by atoms with Gasteiger partial charge in [-0.25, -0.2) is 18.7 Å². The lowest BCUT2D eigenvalue weighted by molar-refractivity contribution is -0.141. The van der Waals surface area contributed by atoms with E-state index in [1.54, 1.807) is 38.1 Å². The van der Waals surface area contributed by atoms with E-state index in [0.29, 0.717) is 23.5 Å². The number of benzene rings is 2. The van der Waals surface area contributed by atoms with Gasteiger partial charge in [0.1, 0.15) is 11.6 Å². The van der Waals surface area contributed by atoms with Crippen molar-refractivity contribution in [2.75, 3.05) is 6.54 Å². The Hall–Kier alpha value is -3.72. The zero-order chi connectivity index (χ0) is 24.5.